The maximum Gasteiger partial charge on any atom is 0.248 e. The van der Waals surface area contributed by atoms with Gasteiger partial charge in [-0.05, 0) is 38.1 Å². The van der Waals surface area contributed by atoms with Crippen molar-refractivity contribution in [2.45, 2.75) is 13.8 Å². The lowest BCUT2D eigenvalue weighted by molar-refractivity contribution is -0.111. The summed E-state index contributed by atoms with van der Waals surface area (Å²) in [7, 11) is 1.88. The molecule has 2 rings (SSSR count). The predicted octanol–water partition coefficient (Wildman–Crippen LogP) is 2.67. The SMILES string of the molecule is C#Cc1cccc(NC(=O)/C=C/c2c(C)nn(C)c2C)c1. The highest BCUT2D eigenvalue weighted by molar-refractivity contribution is 6.02. The van der Waals surface area contributed by atoms with Crippen LogP contribution in [-0.4, -0.2) is 15.7 Å². The third kappa shape index (κ3) is 3.40. The van der Waals surface area contributed by atoms with E-state index in [2.05, 4.69) is 16.3 Å². The van der Waals surface area contributed by atoms with Crippen LogP contribution in [-0.2, 0) is 11.8 Å². The number of terminal acetylenes is 1. The molecule has 0 unspecified atom stereocenters. The van der Waals surface area contributed by atoms with Crippen LogP contribution in [0.4, 0.5) is 5.69 Å². The highest BCUT2D eigenvalue weighted by Crippen LogP contribution is 2.14. The number of carbonyl (C=O) groups is 1. The molecule has 1 amide bonds. The molecule has 1 heterocycles. The summed E-state index contributed by atoms with van der Waals surface area (Å²) in [5.41, 5.74) is 4.29. The number of benzene rings is 1. The van der Waals surface area contributed by atoms with E-state index >= 15 is 0 Å². The van der Waals surface area contributed by atoms with E-state index in [4.69, 9.17) is 6.42 Å². The van der Waals surface area contributed by atoms with Crippen LogP contribution in [0.3, 0.4) is 0 Å². The Morgan fingerprint density at radius 3 is 2.81 bits per heavy atom. The van der Waals surface area contributed by atoms with Crippen molar-refractivity contribution < 1.29 is 4.79 Å². The summed E-state index contributed by atoms with van der Waals surface area (Å²) in [6.07, 6.45) is 8.61. The molecule has 0 aliphatic carbocycles. The smallest absolute Gasteiger partial charge is 0.248 e. The number of nitrogens with zero attached hydrogens (tertiary/aromatic N) is 2. The lowest BCUT2D eigenvalue weighted by Crippen LogP contribution is -2.07. The second kappa shape index (κ2) is 6.10. The fraction of sp³-hybridized carbons (Fsp3) is 0.176. The van der Waals surface area contributed by atoms with Crippen LogP contribution in [0.5, 0.6) is 0 Å². The second-order valence-corrected chi connectivity index (χ2v) is 4.76. The van der Waals surface area contributed by atoms with E-state index in [0.717, 1.165) is 22.5 Å². The maximum absolute atomic E-state index is 11.9. The van der Waals surface area contributed by atoms with Gasteiger partial charge in [0.25, 0.3) is 0 Å². The Hall–Kier alpha value is -2.80. The molecule has 0 spiro atoms. The highest BCUT2D eigenvalue weighted by Gasteiger charge is 2.06. The number of aryl methyl sites for hydroxylation is 2. The summed E-state index contributed by atoms with van der Waals surface area (Å²) >= 11 is 0. The van der Waals surface area contributed by atoms with Crippen LogP contribution >= 0.6 is 0 Å². The normalized spacial score (nSPS) is 10.6. The average molecular weight is 279 g/mol. The van der Waals surface area contributed by atoms with Crippen molar-refractivity contribution >= 4 is 17.7 Å². The molecule has 4 heteroatoms. The van der Waals surface area contributed by atoms with Crippen molar-refractivity contribution in [3.63, 3.8) is 0 Å². The fourth-order valence-electron chi connectivity index (χ4n) is 2.06. The quantitative estimate of drug-likeness (QED) is 0.693. The van der Waals surface area contributed by atoms with Gasteiger partial charge in [-0.2, -0.15) is 5.10 Å². The number of carbonyl (C=O) groups excluding carboxylic acids is 1. The summed E-state index contributed by atoms with van der Waals surface area (Å²) in [6.45, 7) is 3.88. The second-order valence-electron chi connectivity index (χ2n) is 4.76. The number of amides is 1. The minimum atomic E-state index is -0.202. The van der Waals surface area contributed by atoms with Crippen molar-refractivity contribution in [1.29, 1.82) is 0 Å². The van der Waals surface area contributed by atoms with Crippen LogP contribution < -0.4 is 5.32 Å². The lowest BCUT2D eigenvalue weighted by atomic mass is 10.2. The van der Waals surface area contributed by atoms with Crippen LogP contribution in [0.25, 0.3) is 6.08 Å². The van der Waals surface area contributed by atoms with Crippen LogP contribution in [0.15, 0.2) is 30.3 Å². The molecule has 21 heavy (non-hydrogen) atoms. The third-order valence-corrected chi connectivity index (χ3v) is 3.26. The van der Waals surface area contributed by atoms with E-state index in [1.54, 1.807) is 22.9 Å². The Balaban J connectivity index is 2.11. The minimum Gasteiger partial charge on any atom is -0.322 e. The molecular weight excluding hydrogens is 262 g/mol. The topological polar surface area (TPSA) is 46.9 Å². The largest absolute Gasteiger partial charge is 0.322 e. The number of hydrogen-bond donors (Lipinski definition) is 1. The number of aromatic nitrogens is 2. The van der Waals surface area contributed by atoms with E-state index in [1.807, 2.05) is 33.0 Å². The Labute approximate surface area is 124 Å². The summed E-state index contributed by atoms with van der Waals surface area (Å²) in [4.78, 5) is 11.9. The molecule has 2 aromatic rings. The molecule has 0 saturated carbocycles. The summed E-state index contributed by atoms with van der Waals surface area (Å²) in [5.74, 6) is 2.33. The van der Waals surface area contributed by atoms with Crippen molar-refractivity contribution in [2.24, 2.45) is 7.05 Å². The first kappa shape index (κ1) is 14.6. The molecule has 1 N–H and O–H groups in total. The summed E-state index contributed by atoms with van der Waals surface area (Å²) in [5, 5.41) is 7.09. The van der Waals surface area contributed by atoms with Gasteiger partial charge < -0.3 is 5.32 Å². The first-order valence-corrected chi connectivity index (χ1v) is 6.57. The zero-order valence-electron chi connectivity index (χ0n) is 12.3. The van der Waals surface area contributed by atoms with Gasteiger partial charge in [0.2, 0.25) is 5.91 Å². The van der Waals surface area contributed by atoms with Gasteiger partial charge >= 0.3 is 0 Å². The summed E-state index contributed by atoms with van der Waals surface area (Å²) < 4.78 is 1.79. The molecule has 0 atom stereocenters. The molecule has 0 aliphatic rings. The van der Waals surface area contributed by atoms with Gasteiger partial charge in [0.1, 0.15) is 0 Å². The highest BCUT2D eigenvalue weighted by atomic mass is 16.1. The van der Waals surface area contributed by atoms with Gasteiger partial charge in [-0.25, -0.2) is 0 Å². The van der Waals surface area contributed by atoms with Gasteiger partial charge in [-0.15, -0.1) is 6.42 Å². The predicted molar refractivity (Wildman–Crippen MR) is 84.7 cm³/mol. The first-order valence-electron chi connectivity index (χ1n) is 6.57. The zero-order chi connectivity index (χ0) is 15.4. The molecule has 1 aromatic carbocycles. The Bertz CT molecular complexity index is 748. The minimum absolute atomic E-state index is 0.202. The molecule has 0 bridgehead atoms. The Morgan fingerprint density at radius 2 is 2.19 bits per heavy atom. The van der Waals surface area contributed by atoms with E-state index in [9.17, 15) is 4.79 Å². The maximum atomic E-state index is 11.9. The Morgan fingerprint density at radius 1 is 1.43 bits per heavy atom. The fourth-order valence-corrected chi connectivity index (χ4v) is 2.06. The van der Waals surface area contributed by atoms with E-state index < -0.39 is 0 Å². The van der Waals surface area contributed by atoms with Gasteiger partial charge in [-0.1, -0.05) is 12.0 Å². The van der Waals surface area contributed by atoms with E-state index in [0.29, 0.717) is 5.69 Å². The van der Waals surface area contributed by atoms with E-state index in [1.165, 1.54) is 6.08 Å². The molecule has 106 valence electrons. The number of hydrogen-bond acceptors (Lipinski definition) is 2. The van der Waals surface area contributed by atoms with Crippen LogP contribution in [0, 0.1) is 26.2 Å². The standard InChI is InChI=1S/C17H17N3O/c1-5-14-7-6-8-15(11-14)18-17(21)10-9-16-12(2)19-20(4)13(16)3/h1,6-11H,2-4H3,(H,18,21)/b10-9+. The van der Waals surface area contributed by atoms with Crippen molar-refractivity contribution in [2.75, 3.05) is 5.32 Å². The van der Waals surface area contributed by atoms with Crippen molar-refractivity contribution in [3.8, 4) is 12.3 Å². The molecule has 0 aliphatic heterocycles. The van der Waals surface area contributed by atoms with Crippen molar-refractivity contribution in [3.05, 3.63) is 52.9 Å². The van der Waals surface area contributed by atoms with Crippen molar-refractivity contribution in [1.82, 2.24) is 9.78 Å². The molecule has 0 saturated heterocycles. The van der Waals surface area contributed by atoms with Gasteiger partial charge in [0, 0.05) is 35.6 Å². The monoisotopic (exact) mass is 279 g/mol. The first-order chi connectivity index (χ1) is 10.0. The molecular formula is C17H17N3O. The molecule has 1 aromatic heterocycles. The average Bonchev–Trinajstić information content (AvgIpc) is 2.70. The molecule has 0 radical (unpaired) electrons. The molecule has 4 nitrogen and oxygen atoms in total. The van der Waals surface area contributed by atoms with Crippen LogP contribution in [0.1, 0.15) is 22.5 Å². The third-order valence-electron chi connectivity index (χ3n) is 3.26. The number of rotatable bonds is 3. The zero-order valence-corrected chi connectivity index (χ0v) is 12.3. The number of anilines is 1. The van der Waals surface area contributed by atoms with Gasteiger partial charge in [-0.3, -0.25) is 9.48 Å². The lowest BCUT2D eigenvalue weighted by Gasteiger charge is -2.02. The van der Waals surface area contributed by atoms with Gasteiger partial charge in [0.15, 0.2) is 0 Å². The molecule has 0 fully saturated rings. The summed E-state index contributed by atoms with van der Waals surface area (Å²) in [6, 6.07) is 7.18. The van der Waals surface area contributed by atoms with Crippen LogP contribution in [0.2, 0.25) is 0 Å². The van der Waals surface area contributed by atoms with E-state index in [-0.39, 0.29) is 5.91 Å². The number of nitrogens with one attached hydrogen (secondary N) is 1. The van der Waals surface area contributed by atoms with Gasteiger partial charge in [0.05, 0.1) is 5.69 Å². The Kier molecular flexibility index (Phi) is 4.24.